The maximum absolute atomic E-state index is 11.5. The Balaban J connectivity index is 4.08. The zero-order valence-electron chi connectivity index (χ0n) is 9.47. The highest BCUT2D eigenvalue weighted by Crippen LogP contribution is 2.04. The molecule has 0 aromatic heterocycles. The molecule has 0 aromatic carbocycles. The standard InChI is InChI=1S/C11H23NO/c1-5-8-12(9-6-2)10(4)11(13)7-3/h10H,5-9H2,1-4H3/t10-/m1/s1. The smallest absolute Gasteiger partial charge is 0.149 e. The van der Waals surface area contributed by atoms with E-state index >= 15 is 0 Å². The Bertz CT molecular complexity index is 139. The lowest BCUT2D eigenvalue weighted by atomic mass is 10.1. The van der Waals surface area contributed by atoms with Crippen LogP contribution in [0.5, 0.6) is 0 Å². The molecule has 0 amide bonds. The van der Waals surface area contributed by atoms with E-state index < -0.39 is 0 Å². The average molecular weight is 185 g/mol. The molecule has 0 heterocycles. The van der Waals surface area contributed by atoms with Crippen LogP contribution < -0.4 is 0 Å². The van der Waals surface area contributed by atoms with E-state index in [2.05, 4.69) is 18.7 Å². The van der Waals surface area contributed by atoms with Crippen molar-refractivity contribution in [3.63, 3.8) is 0 Å². The van der Waals surface area contributed by atoms with E-state index in [1.165, 1.54) is 0 Å². The van der Waals surface area contributed by atoms with E-state index in [-0.39, 0.29) is 6.04 Å². The summed E-state index contributed by atoms with van der Waals surface area (Å²) in [5, 5.41) is 0. The van der Waals surface area contributed by atoms with Crippen LogP contribution in [0.4, 0.5) is 0 Å². The van der Waals surface area contributed by atoms with Gasteiger partial charge in [0.25, 0.3) is 0 Å². The molecule has 0 aromatic rings. The fraction of sp³-hybridized carbons (Fsp3) is 0.909. The predicted octanol–water partition coefficient (Wildman–Crippen LogP) is 2.48. The second-order valence-electron chi connectivity index (χ2n) is 3.53. The van der Waals surface area contributed by atoms with E-state index in [0.717, 1.165) is 25.9 Å². The highest BCUT2D eigenvalue weighted by molar-refractivity contribution is 5.83. The Hall–Kier alpha value is -0.370. The van der Waals surface area contributed by atoms with E-state index in [0.29, 0.717) is 12.2 Å². The third-order valence-electron chi connectivity index (χ3n) is 2.38. The monoisotopic (exact) mass is 185 g/mol. The highest BCUT2D eigenvalue weighted by Gasteiger charge is 2.17. The molecule has 2 nitrogen and oxygen atoms in total. The molecular formula is C11H23NO. The number of hydrogen-bond donors (Lipinski definition) is 0. The fourth-order valence-electron chi connectivity index (χ4n) is 1.57. The number of carbonyl (C=O) groups excluding carboxylic acids is 1. The van der Waals surface area contributed by atoms with Crippen molar-refractivity contribution in [3.05, 3.63) is 0 Å². The quantitative estimate of drug-likeness (QED) is 0.607. The number of nitrogens with zero attached hydrogens (tertiary/aromatic N) is 1. The number of carbonyl (C=O) groups is 1. The molecule has 1 atom stereocenters. The number of rotatable bonds is 7. The fourth-order valence-corrected chi connectivity index (χ4v) is 1.57. The van der Waals surface area contributed by atoms with E-state index in [9.17, 15) is 4.79 Å². The van der Waals surface area contributed by atoms with Crippen molar-refractivity contribution in [3.8, 4) is 0 Å². The van der Waals surface area contributed by atoms with Crippen LogP contribution in [0, 0.1) is 0 Å². The summed E-state index contributed by atoms with van der Waals surface area (Å²) < 4.78 is 0. The van der Waals surface area contributed by atoms with Gasteiger partial charge in [0.05, 0.1) is 6.04 Å². The summed E-state index contributed by atoms with van der Waals surface area (Å²) in [6.45, 7) is 10.4. The molecule has 0 rings (SSSR count). The zero-order chi connectivity index (χ0) is 10.3. The van der Waals surface area contributed by atoms with Gasteiger partial charge in [-0.2, -0.15) is 0 Å². The summed E-state index contributed by atoms with van der Waals surface area (Å²) in [7, 11) is 0. The van der Waals surface area contributed by atoms with Crippen molar-refractivity contribution in [2.24, 2.45) is 0 Å². The van der Waals surface area contributed by atoms with Gasteiger partial charge in [-0.15, -0.1) is 0 Å². The third-order valence-corrected chi connectivity index (χ3v) is 2.38. The molecule has 0 spiro atoms. The van der Waals surface area contributed by atoms with Crippen LogP contribution in [0.2, 0.25) is 0 Å². The summed E-state index contributed by atoms with van der Waals surface area (Å²) in [6.07, 6.45) is 2.91. The summed E-state index contributed by atoms with van der Waals surface area (Å²) in [5.41, 5.74) is 0. The number of ketones is 1. The summed E-state index contributed by atoms with van der Waals surface area (Å²) in [6, 6.07) is 0.116. The molecular weight excluding hydrogens is 162 g/mol. The molecule has 0 N–H and O–H groups in total. The maximum atomic E-state index is 11.5. The lowest BCUT2D eigenvalue weighted by molar-refractivity contribution is -0.123. The molecule has 0 unspecified atom stereocenters. The second kappa shape index (κ2) is 7.07. The first-order chi connectivity index (χ1) is 6.17. The van der Waals surface area contributed by atoms with Crippen LogP contribution in [0.3, 0.4) is 0 Å². The minimum Gasteiger partial charge on any atom is -0.298 e. The van der Waals surface area contributed by atoms with Gasteiger partial charge in [0.2, 0.25) is 0 Å². The topological polar surface area (TPSA) is 20.3 Å². The van der Waals surface area contributed by atoms with Crippen LogP contribution in [-0.2, 0) is 4.79 Å². The van der Waals surface area contributed by atoms with Crippen molar-refractivity contribution in [1.29, 1.82) is 0 Å². The van der Waals surface area contributed by atoms with Gasteiger partial charge in [-0.05, 0) is 32.9 Å². The highest BCUT2D eigenvalue weighted by atomic mass is 16.1. The minimum atomic E-state index is 0.116. The molecule has 0 aliphatic carbocycles. The first kappa shape index (κ1) is 12.6. The van der Waals surface area contributed by atoms with E-state index in [4.69, 9.17) is 0 Å². The lowest BCUT2D eigenvalue weighted by Gasteiger charge is -2.26. The molecule has 0 saturated heterocycles. The van der Waals surface area contributed by atoms with Crippen molar-refractivity contribution in [1.82, 2.24) is 4.90 Å². The Kier molecular flexibility index (Phi) is 6.87. The maximum Gasteiger partial charge on any atom is 0.149 e. The van der Waals surface area contributed by atoms with Gasteiger partial charge in [-0.1, -0.05) is 20.8 Å². The van der Waals surface area contributed by atoms with Crippen LogP contribution in [0.1, 0.15) is 47.0 Å². The van der Waals surface area contributed by atoms with Crippen molar-refractivity contribution in [2.45, 2.75) is 53.0 Å². The van der Waals surface area contributed by atoms with Gasteiger partial charge in [0.1, 0.15) is 5.78 Å². The normalized spacial score (nSPS) is 13.3. The van der Waals surface area contributed by atoms with Gasteiger partial charge in [0, 0.05) is 6.42 Å². The molecule has 0 saturated carbocycles. The second-order valence-corrected chi connectivity index (χ2v) is 3.53. The largest absolute Gasteiger partial charge is 0.298 e. The molecule has 0 aliphatic heterocycles. The molecule has 0 radical (unpaired) electrons. The van der Waals surface area contributed by atoms with Gasteiger partial charge in [-0.3, -0.25) is 9.69 Å². The summed E-state index contributed by atoms with van der Waals surface area (Å²) in [5.74, 6) is 0.363. The summed E-state index contributed by atoms with van der Waals surface area (Å²) in [4.78, 5) is 13.7. The van der Waals surface area contributed by atoms with Gasteiger partial charge in [-0.25, -0.2) is 0 Å². The Morgan fingerprint density at radius 3 is 1.92 bits per heavy atom. The molecule has 13 heavy (non-hydrogen) atoms. The van der Waals surface area contributed by atoms with Crippen molar-refractivity contribution >= 4 is 5.78 Å². The Morgan fingerprint density at radius 1 is 1.15 bits per heavy atom. The van der Waals surface area contributed by atoms with Crippen molar-refractivity contribution < 1.29 is 4.79 Å². The molecule has 0 aliphatic rings. The van der Waals surface area contributed by atoms with Crippen LogP contribution in [-0.4, -0.2) is 29.8 Å². The van der Waals surface area contributed by atoms with Crippen LogP contribution >= 0.6 is 0 Å². The Morgan fingerprint density at radius 2 is 1.62 bits per heavy atom. The predicted molar refractivity (Wildman–Crippen MR) is 56.9 cm³/mol. The van der Waals surface area contributed by atoms with Gasteiger partial charge < -0.3 is 0 Å². The average Bonchev–Trinajstić information content (AvgIpc) is 2.15. The molecule has 0 fully saturated rings. The first-order valence-corrected chi connectivity index (χ1v) is 5.44. The molecule has 78 valence electrons. The van der Waals surface area contributed by atoms with Gasteiger partial charge in [0.15, 0.2) is 0 Å². The van der Waals surface area contributed by atoms with Gasteiger partial charge >= 0.3 is 0 Å². The minimum absolute atomic E-state index is 0.116. The van der Waals surface area contributed by atoms with Crippen LogP contribution in [0.25, 0.3) is 0 Å². The number of Topliss-reactive ketones (excluding diaryl/α,β-unsaturated/α-hetero) is 1. The first-order valence-electron chi connectivity index (χ1n) is 5.44. The number of hydrogen-bond acceptors (Lipinski definition) is 2. The van der Waals surface area contributed by atoms with E-state index in [1.807, 2.05) is 13.8 Å². The Labute approximate surface area is 82.3 Å². The third kappa shape index (κ3) is 4.41. The van der Waals surface area contributed by atoms with Crippen LogP contribution in [0.15, 0.2) is 0 Å². The summed E-state index contributed by atoms with van der Waals surface area (Å²) >= 11 is 0. The van der Waals surface area contributed by atoms with E-state index in [1.54, 1.807) is 0 Å². The zero-order valence-corrected chi connectivity index (χ0v) is 9.47. The van der Waals surface area contributed by atoms with Crippen molar-refractivity contribution in [2.75, 3.05) is 13.1 Å². The molecule has 2 heteroatoms. The SMILES string of the molecule is CCCN(CCC)[C@H](C)C(=O)CC. The lowest BCUT2D eigenvalue weighted by Crippen LogP contribution is -2.39. The molecule has 0 bridgehead atoms.